The molecule has 1 N–H and O–H groups in total. The summed E-state index contributed by atoms with van der Waals surface area (Å²) in [5, 5.41) is 3.43. The van der Waals surface area contributed by atoms with Crippen molar-refractivity contribution >= 4 is 11.8 Å². The van der Waals surface area contributed by atoms with E-state index in [1.807, 2.05) is 93.6 Å². The number of hydrogen-bond acceptors (Lipinski definition) is 8. The number of benzene rings is 3. The molecular weight excluding hydrogens is 570 g/mol. The number of nitrogens with one attached hydrogen (secondary N) is 1. The first-order valence-electron chi connectivity index (χ1n) is 15.3. The van der Waals surface area contributed by atoms with Crippen molar-refractivity contribution in [1.82, 2.24) is 5.32 Å². The first kappa shape index (κ1) is 31.9. The van der Waals surface area contributed by atoms with E-state index in [4.69, 9.17) is 23.7 Å². The number of hydrogen-bond donors (Lipinski definition) is 1. The van der Waals surface area contributed by atoms with Crippen LogP contribution in [0.3, 0.4) is 0 Å². The summed E-state index contributed by atoms with van der Waals surface area (Å²) in [7, 11) is 3.20. The summed E-state index contributed by atoms with van der Waals surface area (Å²) >= 11 is 0. The number of dihydropyridines is 1. The second-order valence-corrected chi connectivity index (χ2v) is 11.5. The van der Waals surface area contributed by atoms with E-state index in [1.165, 1.54) is 0 Å². The highest BCUT2D eigenvalue weighted by atomic mass is 16.6. The van der Waals surface area contributed by atoms with Crippen molar-refractivity contribution in [2.75, 3.05) is 27.4 Å². The van der Waals surface area contributed by atoms with Crippen LogP contribution in [0.15, 0.2) is 95.3 Å². The molecule has 1 aliphatic heterocycles. The van der Waals surface area contributed by atoms with E-state index < -0.39 is 11.9 Å². The highest BCUT2D eigenvalue weighted by molar-refractivity contribution is 6.04. The van der Waals surface area contributed by atoms with E-state index in [2.05, 4.69) is 5.32 Å². The molecule has 3 aromatic carbocycles. The number of allylic oxidation sites excluding steroid dienone is 3. The molecule has 3 aromatic rings. The molecule has 45 heavy (non-hydrogen) atoms. The molecule has 8 nitrogen and oxygen atoms in total. The smallest absolute Gasteiger partial charge is 0.336 e. The minimum absolute atomic E-state index is 0.0218. The van der Waals surface area contributed by atoms with Crippen LogP contribution in [0, 0.1) is 0 Å². The normalized spacial score (nSPS) is 18.0. The quantitative estimate of drug-likeness (QED) is 0.181. The summed E-state index contributed by atoms with van der Waals surface area (Å²) in [5.74, 6) is 0.588. The van der Waals surface area contributed by atoms with Gasteiger partial charge in [0, 0.05) is 29.0 Å². The van der Waals surface area contributed by atoms with Gasteiger partial charge in [0.1, 0.15) is 19.0 Å². The number of Topliss-reactive ketones (excluding diaryl/α,β-unsaturated/α-hetero) is 1. The van der Waals surface area contributed by atoms with Crippen LogP contribution in [0.25, 0.3) is 0 Å². The first-order valence-corrected chi connectivity index (χ1v) is 15.3. The number of esters is 1. The van der Waals surface area contributed by atoms with Crippen LogP contribution < -0.4 is 19.5 Å². The SMILES string of the molecule is COc1ccc(C2CC(=O)C3=C(C2)NC(C)=C(C(=O)OCCOC(C)C)C3c2ccccc2OCc2ccccc2)cc1OC. The molecular formula is C37H41NO7. The van der Waals surface area contributed by atoms with Crippen molar-refractivity contribution in [3.8, 4) is 17.2 Å². The summed E-state index contributed by atoms with van der Waals surface area (Å²) in [6.45, 7) is 6.45. The second kappa shape index (κ2) is 14.5. The van der Waals surface area contributed by atoms with Crippen molar-refractivity contribution in [1.29, 1.82) is 0 Å². The lowest BCUT2D eigenvalue weighted by Gasteiger charge is -2.37. The molecule has 8 heteroatoms. The summed E-state index contributed by atoms with van der Waals surface area (Å²) in [5.41, 5.74) is 5.14. The van der Waals surface area contributed by atoms with E-state index >= 15 is 0 Å². The molecule has 5 rings (SSSR count). The van der Waals surface area contributed by atoms with Crippen molar-refractivity contribution < 1.29 is 33.3 Å². The molecule has 1 heterocycles. The Bertz CT molecular complexity index is 1590. The summed E-state index contributed by atoms with van der Waals surface area (Å²) in [6, 6.07) is 23.3. The number of methoxy groups -OCH3 is 2. The van der Waals surface area contributed by atoms with Gasteiger partial charge in [-0.2, -0.15) is 0 Å². The molecule has 0 spiro atoms. The minimum atomic E-state index is -0.661. The molecule has 0 saturated heterocycles. The molecule has 236 valence electrons. The molecule has 0 bridgehead atoms. The Morgan fingerprint density at radius 3 is 2.36 bits per heavy atom. The van der Waals surface area contributed by atoms with Crippen LogP contribution in [0.5, 0.6) is 17.2 Å². The van der Waals surface area contributed by atoms with Crippen molar-refractivity contribution in [2.45, 2.75) is 58.2 Å². The average molecular weight is 612 g/mol. The Balaban J connectivity index is 1.52. The standard InChI is InChI=1S/C37H41NO7/c1-23(2)43-17-18-44-37(40)34-24(3)38-29-19-27(26-15-16-32(41-4)33(21-26)42-5)20-30(39)36(29)35(34)28-13-9-10-14-31(28)45-22-25-11-7-6-8-12-25/h6-16,21,23,27,35,38H,17-20,22H2,1-5H3. The third-order valence-electron chi connectivity index (χ3n) is 8.16. The van der Waals surface area contributed by atoms with E-state index in [-0.39, 0.29) is 37.4 Å². The molecule has 0 aromatic heterocycles. The van der Waals surface area contributed by atoms with Gasteiger partial charge in [-0.05, 0) is 62.4 Å². The fourth-order valence-corrected chi connectivity index (χ4v) is 6.04. The van der Waals surface area contributed by atoms with Gasteiger partial charge in [0.25, 0.3) is 0 Å². The summed E-state index contributed by atoms with van der Waals surface area (Å²) in [4.78, 5) is 27.9. The van der Waals surface area contributed by atoms with Gasteiger partial charge in [0.15, 0.2) is 17.3 Å². The van der Waals surface area contributed by atoms with Crippen LogP contribution in [0.1, 0.15) is 62.1 Å². The fraction of sp³-hybridized carbons (Fsp3) is 0.351. The lowest BCUT2D eigenvalue weighted by molar-refractivity contribution is -0.141. The number of para-hydroxylation sites is 1. The van der Waals surface area contributed by atoms with Gasteiger partial charge in [-0.1, -0.05) is 54.6 Å². The van der Waals surface area contributed by atoms with Gasteiger partial charge in [0.05, 0.1) is 38.4 Å². The van der Waals surface area contributed by atoms with Gasteiger partial charge in [-0.15, -0.1) is 0 Å². The predicted octanol–water partition coefficient (Wildman–Crippen LogP) is 6.61. The number of ketones is 1. The summed E-state index contributed by atoms with van der Waals surface area (Å²) in [6.07, 6.45) is 0.888. The maximum absolute atomic E-state index is 14.2. The zero-order valence-corrected chi connectivity index (χ0v) is 26.6. The lowest BCUT2D eigenvalue weighted by atomic mass is 9.71. The van der Waals surface area contributed by atoms with Gasteiger partial charge in [0.2, 0.25) is 0 Å². The van der Waals surface area contributed by atoms with E-state index in [9.17, 15) is 9.59 Å². The topological polar surface area (TPSA) is 92.3 Å². The molecule has 2 aliphatic rings. The molecule has 0 saturated carbocycles. The lowest BCUT2D eigenvalue weighted by Crippen LogP contribution is -2.36. The molecule has 0 amide bonds. The van der Waals surface area contributed by atoms with E-state index in [0.29, 0.717) is 47.1 Å². The van der Waals surface area contributed by atoms with Crippen LogP contribution in [0.2, 0.25) is 0 Å². The third-order valence-corrected chi connectivity index (χ3v) is 8.16. The number of carbonyl (C=O) groups is 2. The maximum Gasteiger partial charge on any atom is 0.336 e. The Morgan fingerprint density at radius 1 is 0.889 bits per heavy atom. The largest absolute Gasteiger partial charge is 0.493 e. The van der Waals surface area contributed by atoms with Crippen molar-refractivity contribution in [2.24, 2.45) is 0 Å². The first-order chi connectivity index (χ1) is 21.8. The van der Waals surface area contributed by atoms with Crippen molar-refractivity contribution in [3.63, 3.8) is 0 Å². The van der Waals surface area contributed by atoms with Gasteiger partial charge >= 0.3 is 5.97 Å². The third kappa shape index (κ3) is 7.23. The minimum Gasteiger partial charge on any atom is -0.493 e. The monoisotopic (exact) mass is 611 g/mol. The number of carbonyl (C=O) groups excluding carboxylic acids is 2. The van der Waals surface area contributed by atoms with Gasteiger partial charge in [-0.25, -0.2) is 4.79 Å². The van der Waals surface area contributed by atoms with Crippen molar-refractivity contribution in [3.05, 3.63) is 112 Å². The predicted molar refractivity (Wildman–Crippen MR) is 171 cm³/mol. The Labute approximate surface area is 265 Å². The molecule has 2 atom stereocenters. The average Bonchev–Trinajstić information content (AvgIpc) is 3.05. The zero-order chi connectivity index (χ0) is 31.9. The zero-order valence-electron chi connectivity index (χ0n) is 26.6. The molecule has 2 unspecified atom stereocenters. The number of ether oxygens (including phenoxy) is 5. The van der Waals surface area contributed by atoms with Gasteiger partial charge in [-0.3, -0.25) is 4.79 Å². The Morgan fingerprint density at radius 2 is 1.62 bits per heavy atom. The highest BCUT2D eigenvalue weighted by Gasteiger charge is 2.42. The Kier molecular flexibility index (Phi) is 10.2. The number of rotatable bonds is 12. The van der Waals surface area contributed by atoms with Crippen LogP contribution in [-0.4, -0.2) is 45.3 Å². The van der Waals surface area contributed by atoms with Crippen LogP contribution in [0.4, 0.5) is 0 Å². The Hall–Kier alpha value is -4.56. The molecule has 0 radical (unpaired) electrons. The summed E-state index contributed by atoms with van der Waals surface area (Å²) < 4.78 is 28.6. The molecule has 1 aliphatic carbocycles. The second-order valence-electron chi connectivity index (χ2n) is 11.5. The fourth-order valence-electron chi connectivity index (χ4n) is 6.04. The van der Waals surface area contributed by atoms with E-state index in [1.54, 1.807) is 14.2 Å². The van der Waals surface area contributed by atoms with Crippen LogP contribution in [-0.2, 0) is 25.7 Å². The van der Waals surface area contributed by atoms with E-state index in [0.717, 1.165) is 22.4 Å². The molecule has 0 fully saturated rings. The van der Waals surface area contributed by atoms with Gasteiger partial charge < -0.3 is 29.0 Å². The van der Waals surface area contributed by atoms with Crippen LogP contribution >= 0.6 is 0 Å². The maximum atomic E-state index is 14.2. The highest BCUT2D eigenvalue weighted by Crippen LogP contribution is 2.48.